The van der Waals surface area contributed by atoms with Crippen LogP contribution in [0.15, 0.2) is 21.2 Å². The molecule has 0 saturated carbocycles. The molecular formula is C15H19N3O4S. The van der Waals surface area contributed by atoms with Crippen LogP contribution in [0, 0.1) is 5.92 Å². The molecule has 2 N–H and O–H groups in total. The average molecular weight is 337 g/mol. The number of nitrogens with one attached hydrogen (secondary N) is 1. The highest BCUT2D eigenvalue weighted by Crippen LogP contribution is 2.20. The van der Waals surface area contributed by atoms with Gasteiger partial charge in [0.15, 0.2) is 0 Å². The fourth-order valence-electron chi connectivity index (χ4n) is 2.01. The lowest BCUT2D eigenvalue weighted by molar-refractivity contribution is -0.143. The van der Waals surface area contributed by atoms with Gasteiger partial charge in [-0.25, -0.2) is 4.79 Å². The molecule has 2 aromatic heterocycles. The van der Waals surface area contributed by atoms with Crippen molar-refractivity contribution in [1.29, 1.82) is 0 Å². The summed E-state index contributed by atoms with van der Waals surface area (Å²) in [6.45, 7) is 3.68. The van der Waals surface area contributed by atoms with Gasteiger partial charge in [0, 0.05) is 23.8 Å². The largest absolute Gasteiger partial charge is 0.480 e. The van der Waals surface area contributed by atoms with Crippen molar-refractivity contribution in [3.8, 4) is 11.5 Å². The van der Waals surface area contributed by atoms with E-state index in [1.807, 2.05) is 23.8 Å². The first-order chi connectivity index (χ1) is 11.0. The first-order valence-corrected chi connectivity index (χ1v) is 8.32. The molecule has 0 bridgehead atoms. The molecule has 0 aliphatic rings. The third-order valence-corrected chi connectivity index (χ3v) is 4.28. The molecular weight excluding hydrogens is 318 g/mol. The molecule has 2 rings (SSSR count). The van der Waals surface area contributed by atoms with Crippen LogP contribution >= 0.6 is 11.3 Å². The van der Waals surface area contributed by atoms with Crippen molar-refractivity contribution in [1.82, 2.24) is 15.5 Å². The summed E-state index contributed by atoms with van der Waals surface area (Å²) < 4.78 is 5.49. The predicted octanol–water partition coefficient (Wildman–Crippen LogP) is 2.35. The number of thiophene rings is 1. The molecule has 2 atom stereocenters. The number of carboxylic acid groups (broad SMARTS) is 1. The maximum Gasteiger partial charge on any atom is 0.326 e. The van der Waals surface area contributed by atoms with Gasteiger partial charge in [-0.05, 0) is 17.4 Å². The van der Waals surface area contributed by atoms with Crippen LogP contribution in [-0.4, -0.2) is 33.2 Å². The normalized spacial score (nSPS) is 13.5. The highest BCUT2D eigenvalue weighted by Gasteiger charge is 2.25. The Labute approximate surface area is 137 Å². The van der Waals surface area contributed by atoms with Gasteiger partial charge in [-0.15, -0.1) is 10.2 Å². The van der Waals surface area contributed by atoms with Crippen LogP contribution in [0.25, 0.3) is 11.5 Å². The van der Waals surface area contributed by atoms with Gasteiger partial charge in [-0.3, -0.25) is 4.79 Å². The van der Waals surface area contributed by atoms with Gasteiger partial charge >= 0.3 is 5.97 Å². The highest BCUT2D eigenvalue weighted by molar-refractivity contribution is 7.08. The van der Waals surface area contributed by atoms with Crippen LogP contribution in [0.2, 0.25) is 0 Å². The minimum atomic E-state index is -1.02. The Morgan fingerprint density at radius 1 is 1.43 bits per heavy atom. The number of hydrogen-bond donors (Lipinski definition) is 2. The van der Waals surface area contributed by atoms with Crippen LogP contribution < -0.4 is 5.32 Å². The average Bonchev–Trinajstić information content (AvgIpc) is 3.20. The summed E-state index contributed by atoms with van der Waals surface area (Å²) in [5.74, 6) is -0.718. The minimum absolute atomic E-state index is 0.103. The number of rotatable bonds is 8. The molecule has 0 aromatic carbocycles. The zero-order valence-electron chi connectivity index (χ0n) is 13.0. The summed E-state index contributed by atoms with van der Waals surface area (Å²) >= 11 is 1.53. The third-order valence-electron chi connectivity index (χ3n) is 3.60. The van der Waals surface area contributed by atoms with E-state index < -0.39 is 12.0 Å². The molecule has 2 aromatic rings. The molecule has 1 amide bonds. The minimum Gasteiger partial charge on any atom is -0.480 e. The van der Waals surface area contributed by atoms with Gasteiger partial charge in [-0.2, -0.15) is 11.3 Å². The van der Waals surface area contributed by atoms with Gasteiger partial charge in [0.2, 0.25) is 17.7 Å². The molecule has 0 aliphatic carbocycles. The molecule has 0 saturated heterocycles. The number of amides is 1. The molecule has 0 radical (unpaired) electrons. The summed E-state index contributed by atoms with van der Waals surface area (Å²) in [4.78, 5) is 23.1. The molecule has 0 fully saturated rings. The van der Waals surface area contributed by atoms with Gasteiger partial charge < -0.3 is 14.8 Å². The number of aromatic nitrogens is 2. The van der Waals surface area contributed by atoms with Gasteiger partial charge in [0.05, 0.1) is 0 Å². The summed E-state index contributed by atoms with van der Waals surface area (Å²) in [5.41, 5.74) is 0.848. The summed E-state index contributed by atoms with van der Waals surface area (Å²) in [6, 6.07) is 0.995. The smallest absolute Gasteiger partial charge is 0.326 e. The fraction of sp³-hybridized carbons (Fsp3) is 0.467. The fourth-order valence-corrected chi connectivity index (χ4v) is 2.64. The van der Waals surface area contributed by atoms with Crippen molar-refractivity contribution in [2.75, 3.05) is 0 Å². The standard InChI is InChI=1S/C15H19N3O4S/c1-3-9(2)13(15(20)21)16-11(19)4-5-12-17-18-14(22-12)10-6-7-23-8-10/h6-9,13H,3-5H2,1-2H3,(H,16,19)(H,20,21). The van der Waals surface area contributed by atoms with E-state index in [2.05, 4.69) is 15.5 Å². The van der Waals surface area contributed by atoms with E-state index in [0.29, 0.717) is 18.2 Å². The van der Waals surface area contributed by atoms with Crippen molar-refractivity contribution in [3.05, 3.63) is 22.7 Å². The van der Waals surface area contributed by atoms with E-state index in [1.54, 1.807) is 6.92 Å². The Bertz CT molecular complexity index is 653. The molecule has 0 spiro atoms. The number of nitrogens with zero attached hydrogens (tertiary/aromatic N) is 2. The molecule has 124 valence electrons. The number of carbonyl (C=O) groups excluding carboxylic acids is 1. The summed E-state index contributed by atoms with van der Waals surface area (Å²) in [6.07, 6.45) is 1.05. The van der Waals surface area contributed by atoms with Gasteiger partial charge in [-0.1, -0.05) is 20.3 Å². The maximum absolute atomic E-state index is 11.9. The molecule has 2 unspecified atom stereocenters. The van der Waals surface area contributed by atoms with Crippen molar-refractivity contribution >= 4 is 23.2 Å². The number of hydrogen-bond acceptors (Lipinski definition) is 6. The summed E-state index contributed by atoms with van der Waals surface area (Å²) in [5, 5.41) is 23.3. The van der Waals surface area contributed by atoms with Crippen molar-refractivity contribution in [3.63, 3.8) is 0 Å². The van der Waals surface area contributed by atoms with Crippen LogP contribution in [0.4, 0.5) is 0 Å². The number of carboxylic acids is 1. The van der Waals surface area contributed by atoms with Crippen molar-refractivity contribution < 1.29 is 19.1 Å². The Kier molecular flexibility index (Phi) is 5.86. The summed E-state index contributed by atoms with van der Waals surface area (Å²) in [7, 11) is 0. The van der Waals surface area contributed by atoms with E-state index in [-0.39, 0.29) is 24.7 Å². The molecule has 7 nitrogen and oxygen atoms in total. The highest BCUT2D eigenvalue weighted by atomic mass is 32.1. The van der Waals surface area contributed by atoms with Gasteiger partial charge in [0.25, 0.3) is 0 Å². The van der Waals surface area contributed by atoms with Crippen molar-refractivity contribution in [2.45, 2.75) is 39.2 Å². The monoisotopic (exact) mass is 337 g/mol. The lowest BCUT2D eigenvalue weighted by Gasteiger charge is -2.19. The second kappa shape index (κ2) is 7.87. The zero-order chi connectivity index (χ0) is 16.8. The van der Waals surface area contributed by atoms with Crippen LogP contribution in [0.3, 0.4) is 0 Å². The van der Waals surface area contributed by atoms with E-state index >= 15 is 0 Å². The molecule has 2 heterocycles. The van der Waals surface area contributed by atoms with E-state index in [4.69, 9.17) is 9.52 Å². The Morgan fingerprint density at radius 2 is 2.22 bits per heavy atom. The zero-order valence-corrected chi connectivity index (χ0v) is 13.8. The maximum atomic E-state index is 11.9. The first kappa shape index (κ1) is 17.1. The van der Waals surface area contributed by atoms with Crippen LogP contribution in [0.5, 0.6) is 0 Å². The number of aryl methyl sites for hydroxylation is 1. The SMILES string of the molecule is CCC(C)C(NC(=O)CCc1nnc(-c2ccsc2)o1)C(=O)O. The van der Waals surface area contributed by atoms with Crippen LogP contribution in [-0.2, 0) is 16.0 Å². The second-order valence-electron chi connectivity index (χ2n) is 5.28. The molecule has 8 heteroatoms. The number of carbonyl (C=O) groups is 2. The van der Waals surface area contributed by atoms with Crippen LogP contribution in [0.1, 0.15) is 32.6 Å². The molecule has 23 heavy (non-hydrogen) atoms. The lowest BCUT2D eigenvalue weighted by atomic mass is 9.99. The predicted molar refractivity (Wildman–Crippen MR) is 85.0 cm³/mol. The molecule has 0 aliphatic heterocycles. The van der Waals surface area contributed by atoms with E-state index in [0.717, 1.165) is 5.56 Å². The number of aliphatic carboxylic acids is 1. The van der Waals surface area contributed by atoms with E-state index in [9.17, 15) is 9.59 Å². The lowest BCUT2D eigenvalue weighted by Crippen LogP contribution is -2.45. The Balaban J connectivity index is 1.88. The quantitative estimate of drug-likeness (QED) is 0.766. The second-order valence-corrected chi connectivity index (χ2v) is 6.06. The van der Waals surface area contributed by atoms with Gasteiger partial charge in [0.1, 0.15) is 6.04 Å². The van der Waals surface area contributed by atoms with Crippen molar-refractivity contribution in [2.24, 2.45) is 5.92 Å². The first-order valence-electron chi connectivity index (χ1n) is 7.38. The Morgan fingerprint density at radius 3 is 2.83 bits per heavy atom. The van der Waals surface area contributed by atoms with E-state index in [1.165, 1.54) is 11.3 Å². The Hall–Kier alpha value is -2.22. The third kappa shape index (κ3) is 4.62. The topological polar surface area (TPSA) is 105 Å².